The molecule has 1 unspecified atom stereocenters. The van der Waals surface area contributed by atoms with Crippen LogP contribution in [0.15, 0.2) is 48.5 Å². The van der Waals surface area contributed by atoms with Crippen molar-refractivity contribution in [1.29, 1.82) is 0 Å². The minimum absolute atomic E-state index is 0.0126. The molecule has 1 heterocycles. The quantitative estimate of drug-likeness (QED) is 0.861. The van der Waals surface area contributed by atoms with Crippen LogP contribution in [-0.4, -0.2) is 16.6 Å². The third kappa shape index (κ3) is 2.93. The van der Waals surface area contributed by atoms with Crippen molar-refractivity contribution in [2.75, 3.05) is 5.75 Å². The summed E-state index contributed by atoms with van der Waals surface area (Å²) in [5, 5.41) is -0.0770. The molecule has 21 heavy (non-hydrogen) atoms. The van der Waals surface area contributed by atoms with E-state index in [9.17, 15) is 13.6 Å². The van der Waals surface area contributed by atoms with Gasteiger partial charge in [0.1, 0.15) is 5.37 Å². The lowest BCUT2D eigenvalue weighted by molar-refractivity contribution is -0.128. The zero-order valence-corrected chi connectivity index (χ0v) is 11.9. The minimum Gasteiger partial charge on any atom is -0.322 e. The van der Waals surface area contributed by atoms with E-state index in [2.05, 4.69) is 0 Å². The van der Waals surface area contributed by atoms with E-state index in [0.717, 1.165) is 17.7 Å². The Morgan fingerprint density at radius 3 is 2.57 bits per heavy atom. The molecule has 1 amide bonds. The Balaban J connectivity index is 1.84. The first kappa shape index (κ1) is 14.1. The van der Waals surface area contributed by atoms with Crippen molar-refractivity contribution < 1.29 is 13.6 Å². The Hall–Kier alpha value is -1.88. The molecule has 0 spiro atoms. The number of rotatable bonds is 3. The average molecular weight is 305 g/mol. The van der Waals surface area contributed by atoms with Crippen LogP contribution in [0.4, 0.5) is 8.78 Å². The summed E-state index contributed by atoms with van der Waals surface area (Å²) in [5.41, 5.74) is 1.63. The summed E-state index contributed by atoms with van der Waals surface area (Å²) in [4.78, 5) is 13.8. The van der Waals surface area contributed by atoms with E-state index < -0.39 is 11.6 Å². The van der Waals surface area contributed by atoms with Crippen LogP contribution in [0, 0.1) is 11.6 Å². The molecule has 0 N–H and O–H groups in total. The number of halogens is 2. The average Bonchev–Trinajstić information content (AvgIpc) is 2.85. The van der Waals surface area contributed by atoms with Crippen LogP contribution >= 0.6 is 11.8 Å². The Morgan fingerprint density at radius 2 is 1.86 bits per heavy atom. The number of thioether (sulfide) groups is 1. The first-order valence-electron chi connectivity index (χ1n) is 6.55. The van der Waals surface area contributed by atoms with E-state index in [4.69, 9.17) is 0 Å². The van der Waals surface area contributed by atoms with Gasteiger partial charge in [0.2, 0.25) is 5.91 Å². The predicted molar refractivity (Wildman–Crippen MR) is 78.5 cm³/mol. The lowest BCUT2D eigenvalue weighted by Gasteiger charge is -2.24. The number of hydrogen-bond acceptors (Lipinski definition) is 2. The number of hydrogen-bond donors (Lipinski definition) is 0. The minimum atomic E-state index is -0.886. The molecule has 3 rings (SSSR count). The smallest absolute Gasteiger partial charge is 0.234 e. The van der Waals surface area contributed by atoms with Crippen molar-refractivity contribution in [2.45, 2.75) is 11.9 Å². The highest BCUT2D eigenvalue weighted by Gasteiger charge is 2.32. The molecule has 0 aliphatic carbocycles. The fourth-order valence-corrected chi connectivity index (χ4v) is 3.54. The fraction of sp³-hybridized carbons (Fsp3) is 0.188. The Morgan fingerprint density at radius 1 is 1.10 bits per heavy atom. The molecule has 2 aromatic rings. The monoisotopic (exact) mass is 305 g/mol. The molecule has 1 fully saturated rings. The second kappa shape index (κ2) is 5.85. The van der Waals surface area contributed by atoms with Gasteiger partial charge in [-0.3, -0.25) is 4.79 Å². The van der Waals surface area contributed by atoms with E-state index in [0.29, 0.717) is 11.3 Å². The highest BCUT2D eigenvalue weighted by molar-refractivity contribution is 8.00. The third-order valence-electron chi connectivity index (χ3n) is 3.39. The molecule has 5 heteroatoms. The maximum atomic E-state index is 13.3. The summed E-state index contributed by atoms with van der Waals surface area (Å²) < 4.78 is 26.3. The van der Waals surface area contributed by atoms with E-state index >= 15 is 0 Å². The van der Waals surface area contributed by atoms with E-state index in [1.807, 2.05) is 30.3 Å². The zero-order valence-electron chi connectivity index (χ0n) is 11.1. The molecule has 1 saturated heterocycles. The van der Waals surface area contributed by atoms with Gasteiger partial charge in [-0.2, -0.15) is 0 Å². The second-order valence-electron chi connectivity index (χ2n) is 4.84. The van der Waals surface area contributed by atoms with Crippen LogP contribution < -0.4 is 0 Å². The lowest BCUT2D eigenvalue weighted by atomic mass is 10.1. The van der Waals surface area contributed by atoms with Crippen molar-refractivity contribution >= 4 is 17.7 Å². The van der Waals surface area contributed by atoms with Crippen molar-refractivity contribution in [3.8, 4) is 0 Å². The number of carbonyl (C=O) groups is 1. The molecule has 0 radical (unpaired) electrons. The van der Waals surface area contributed by atoms with Gasteiger partial charge in [0.25, 0.3) is 0 Å². The summed E-state index contributed by atoms with van der Waals surface area (Å²) in [6.45, 7) is 0.280. The Bertz CT molecular complexity index is 663. The highest BCUT2D eigenvalue weighted by Crippen LogP contribution is 2.39. The van der Waals surface area contributed by atoms with E-state index in [-0.39, 0.29) is 17.8 Å². The lowest BCUT2D eigenvalue weighted by Crippen LogP contribution is -2.27. The summed E-state index contributed by atoms with van der Waals surface area (Å²) in [6.07, 6.45) is 0. The van der Waals surface area contributed by atoms with Gasteiger partial charge in [0, 0.05) is 6.54 Å². The SMILES string of the molecule is O=C1CSC(c2ccccc2)N1Cc1ccc(F)c(F)c1. The highest BCUT2D eigenvalue weighted by atomic mass is 32.2. The second-order valence-corrected chi connectivity index (χ2v) is 5.91. The van der Waals surface area contributed by atoms with E-state index in [1.54, 1.807) is 16.7 Å². The van der Waals surface area contributed by atoms with Crippen LogP contribution in [0.25, 0.3) is 0 Å². The molecule has 2 nitrogen and oxygen atoms in total. The molecule has 0 saturated carbocycles. The zero-order chi connectivity index (χ0) is 14.8. The first-order valence-corrected chi connectivity index (χ1v) is 7.60. The normalized spacial score (nSPS) is 18.3. The molecule has 1 aliphatic heterocycles. The fourth-order valence-electron chi connectivity index (χ4n) is 2.35. The number of carbonyl (C=O) groups excluding carboxylic acids is 1. The maximum absolute atomic E-state index is 13.3. The maximum Gasteiger partial charge on any atom is 0.234 e. The van der Waals surface area contributed by atoms with Crippen molar-refractivity contribution in [3.63, 3.8) is 0 Å². The van der Waals surface area contributed by atoms with Gasteiger partial charge in [-0.15, -0.1) is 11.8 Å². The summed E-state index contributed by atoms with van der Waals surface area (Å²) in [7, 11) is 0. The number of nitrogens with zero attached hydrogens (tertiary/aromatic N) is 1. The van der Waals surface area contributed by atoms with Crippen molar-refractivity contribution in [2.24, 2.45) is 0 Å². The molecule has 0 bridgehead atoms. The van der Waals surface area contributed by atoms with Crippen LogP contribution in [-0.2, 0) is 11.3 Å². The standard InChI is InChI=1S/C16H13F2NOS/c17-13-7-6-11(8-14(13)18)9-19-15(20)10-21-16(19)12-4-2-1-3-5-12/h1-8,16H,9-10H2. The Labute approximate surface area is 125 Å². The molecule has 1 atom stereocenters. The van der Waals surface area contributed by atoms with Gasteiger partial charge < -0.3 is 4.90 Å². The molecule has 108 valence electrons. The number of benzene rings is 2. The summed E-state index contributed by atoms with van der Waals surface area (Å²) in [6, 6.07) is 13.5. The van der Waals surface area contributed by atoms with Gasteiger partial charge in [-0.05, 0) is 23.3 Å². The van der Waals surface area contributed by atoms with Gasteiger partial charge in [0.15, 0.2) is 11.6 Å². The van der Waals surface area contributed by atoms with Gasteiger partial charge in [-0.1, -0.05) is 36.4 Å². The van der Waals surface area contributed by atoms with Gasteiger partial charge >= 0.3 is 0 Å². The van der Waals surface area contributed by atoms with Crippen LogP contribution in [0.2, 0.25) is 0 Å². The number of amides is 1. The molecular formula is C16H13F2NOS. The molecule has 1 aliphatic rings. The topological polar surface area (TPSA) is 20.3 Å². The van der Waals surface area contributed by atoms with Crippen molar-refractivity contribution in [1.82, 2.24) is 4.90 Å². The third-order valence-corrected chi connectivity index (χ3v) is 4.65. The van der Waals surface area contributed by atoms with Crippen LogP contribution in [0.3, 0.4) is 0 Å². The largest absolute Gasteiger partial charge is 0.322 e. The molecule has 0 aromatic heterocycles. The predicted octanol–water partition coefficient (Wildman–Crippen LogP) is 3.74. The first-order chi connectivity index (χ1) is 10.1. The van der Waals surface area contributed by atoms with Gasteiger partial charge in [-0.25, -0.2) is 8.78 Å². The van der Waals surface area contributed by atoms with Crippen molar-refractivity contribution in [3.05, 3.63) is 71.3 Å². The van der Waals surface area contributed by atoms with E-state index in [1.165, 1.54) is 6.07 Å². The molecule has 2 aromatic carbocycles. The summed E-state index contributed by atoms with van der Waals surface area (Å²) in [5.74, 6) is -1.34. The molecular weight excluding hydrogens is 292 g/mol. The van der Waals surface area contributed by atoms with Crippen LogP contribution in [0.5, 0.6) is 0 Å². The Kier molecular flexibility index (Phi) is 3.92. The van der Waals surface area contributed by atoms with Crippen LogP contribution in [0.1, 0.15) is 16.5 Å². The van der Waals surface area contributed by atoms with Gasteiger partial charge in [0.05, 0.1) is 5.75 Å². The summed E-state index contributed by atoms with van der Waals surface area (Å²) >= 11 is 1.55.